The van der Waals surface area contributed by atoms with Gasteiger partial charge in [0.25, 0.3) is 5.91 Å². The smallest absolute Gasteiger partial charge is 0.251 e. The van der Waals surface area contributed by atoms with Crippen molar-refractivity contribution in [2.24, 2.45) is 0 Å². The molecule has 5 rings (SSSR count). The zero-order valence-corrected chi connectivity index (χ0v) is 18.0. The van der Waals surface area contributed by atoms with Crippen molar-refractivity contribution >= 4 is 22.4 Å². The maximum Gasteiger partial charge on any atom is 0.251 e. The minimum atomic E-state index is -0.0176. The molecule has 0 aliphatic carbocycles. The molecule has 0 unspecified atom stereocenters. The number of fused-ring (bicyclic) bond motifs is 2. The second kappa shape index (κ2) is 8.69. The molecule has 3 aromatic rings. The monoisotopic (exact) mass is 415 g/mol. The number of benzene rings is 3. The second-order valence-electron chi connectivity index (χ2n) is 8.46. The van der Waals surface area contributed by atoms with Gasteiger partial charge in [0.2, 0.25) is 0 Å². The Morgan fingerprint density at radius 2 is 1.84 bits per heavy atom. The Kier molecular flexibility index (Phi) is 5.62. The molecule has 1 N–H and O–H groups in total. The van der Waals surface area contributed by atoms with E-state index in [1.54, 1.807) is 0 Å². The third-order valence-electron chi connectivity index (χ3n) is 6.59. The highest BCUT2D eigenvalue weighted by molar-refractivity contribution is 6.07. The molecule has 160 valence electrons. The fraction of sp³-hybridized carbons (Fsp3) is 0.346. The van der Waals surface area contributed by atoms with Crippen LogP contribution in [0.4, 0.5) is 5.69 Å². The van der Waals surface area contributed by atoms with Crippen molar-refractivity contribution in [1.82, 2.24) is 10.2 Å². The summed E-state index contributed by atoms with van der Waals surface area (Å²) in [7, 11) is 2.15. The SMILES string of the molecule is CN1CCc2cc([C@H](CNC(=O)c3cccc4ccccc34)N3CCOCC3)ccc21. The molecule has 0 spiro atoms. The van der Waals surface area contributed by atoms with Gasteiger partial charge in [-0.2, -0.15) is 0 Å². The molecule has 2 aliphatic heterocycles. The van der Waals surface area contributed by atoms with Crippen molar-refractivity contribution < 1.29 is 9.53 Å². The predicted octanol–water partition coefficient (Wildman–Crippen LogP) is 3.64. The van der Waals surface area contributed by atoms with Crippen LogP contribution in [-0.2, 0) is 11.2 Å². The summed E-state index contributed by atoms with van der Waals surface area (Å²) in [6.45, 7) is 4.88. The molecular formula is C26H29N3O2. The molecule has 1 saturated heterocycles. The van der Waals surface area contributed by atoms with Crippen LogP contribution in [0.2, 0.25) is 0 Å². The van der Waals surface area contributed by atoms with Gasteiger partial charge < -0.3 is 15.0 Å². The Hall–Kier alpha value is -2.89. The number of morpholine rings is 1. The first-order chi connectivity index (χ1) is 15.2. The highest BCUT2D eigenvalue weighted by Gasteiger charge is 2.25. The molecule has 5 heteroatoms. The molecule has 0 radical (unpaired) electrons. The van der Waals surface area contributed by atoms with Crippen LogP contribution < -0.4 is 10.2 Å². The van der Waals surface area contributed by atoms with Crippen molar-refractivity contribution in [3.8, 4) is 0 Å². The van der Waals surface area contributed by atoms with Crippen LogP contribution in [0.25, 0.3) is 10.8 Å². The number of rotatable bonds is 5. The molecule has 0 bridgehead atoms. The van der Waals surface area contributed by atoms with Gasteiger partial charge in [-0.25, -0.2) is 0 Å². The number of nitrogens with one attached hydrogen (secondary N) is 1. The molecule has 0 saturated carbocycles. The Labute approximate surface area is 183 Å². The predicted molar refractivity (Wildman–Crippen MR) is 125 cm³/mol. The highest BCUT2D eigenvalue weighted by atomic mass is 16.5. The van der Waals surface area contributed by atoms with Crippen LogP contribution in [0, 0.1) is 0 Å². The summed E-state index contributed by atoms with van der Waals surface area (Å²) in [5, 5.41) is 5.31. The van der Waals surface area contributed by atoms with Gasteiger partial charge in [0.05, 0.1) is 19.3 Å². The first kappa shape index (κ1) is 20.0. The van der Waals surface area contributed by atoms with Crippen LogP contribution in [0.5, 0.6) is 0 Å². The lowest BCUT2D eigenvalue weighted by atomic mass is 10.00. The summed E-state index contributed by atoms with van der Waals surface area (Å²) in [5.74, 6) is -0.0176. The Morgan fingerprint density at radius 3 is 2.71 bits per heavy atom. The molecule has 2 aliphatic rings. The molecule has 1 atom stereocenters. The number of anilines is 1. The molecule has 5 nitrogen and oxygen atoms in total. The van der Waals surface area contributed by atoms with Crippen molar-refractivity contribution in [3.05, 3.63) is 77.4 Å². The van der Waals surface area contributed by atoms with Crippen molar-refractivity contribution in [2.45, 2.75) is 12.5 Å². The van der Waals surface area contributed by atoms with E-state index < -0.39 is 0 Å². The minimum absolute atomic E-state index is 0.0176. The van der Waals surface area contributed by atoms with E-state index in [-0.39, 0.29) is 11.9 Å². The van der Waals surface area contributed by atoms with Crippen LogP contribution in [0.1, 0.15) is 27.5 Å². The number of carbonyl (C=O) groups excluding carboxylic acids is 1. The topological polar surface area (TPSA) is 44.8 Å². The highest BCUT2D eigenvalue weighted by Crippen LogP contribution is 2.31. The van der Waals surface area contributed by atoms with Gasteiger partial charge in [0, 0.05) is 44.5 Å². The number of carbonyl (C=O) groups is 1. The first-order valence-corrected chi connectivity index (χ1v) is 11.1. The fourth-order valence-electron chi connectivity index (χ4n) is 4.85. The van der Waals surface area contributed by atoms with E-state index in [1.807, 2.05) is 42.5 Å². The molecule has 0 aromatic heterocycles. The van der Waals surface area contributed by atoms with Gasteiger partial charge in [-0.1, -0.05) is 48.5 Å². The number of ether oxygens (including phenoxy) is 1. The number of hydrogen-bond donors (Lipinski definition) is 1. The zero-order valence-electron chi connectivity index (χ0n) is 18.0. The third kappa shape index (κ3) is 4.03. The molecule has 1 fully saturated rings. The largest absolute Gasteiger partial charge is 0.379 e. The normalized spacial score (nSPS) is 17.5. The van der Waals surface area contributed by atoms with Crippen LogP contribution in [0.15, 0.2) is 60.7 Å². The third-order valence-corrected chi connectivity index (χ3v) is 6.59. The lowest BCUT2D eigenvalue weighted by molar-refractivity contribution is 0.0162. The summed E-state index contributed by atoms with van der Waals surface area (Å²) >= 11 is 0. The number of nitrogens with zero attached hydrogens (tertiary/aromatic N) is 2. The van der Waals surface area contributed by atoms with Crippen molar-refractivity contribution in [1.29, 1.82) is 0 Å². The molecule has 2 heterocycles. The quantitative estimate of drug-likeness (QED) is 0.691. The fourth-order valence-corrected chi connectivity index (χ4v) is 4.85. The lowest BCUT2D eigenvalue weighted by Gasteiger charge is -2.35. The van der Waals surface area contributed by atoms with E-state index in [1.165, 1.54) is 16.8 Å². The van der Waals surface area contributed by atoms with Gasteiger partial charge in [-0.15, -0.1) is 0 Å². The minimum Gasteiger partial charge on any atom is -0.379 e. The van der Waals surface area contributed by atoms with E-state index in [0.717, 1.165) is 55.6 Å². The van der Waals surface area contributed by atoms with Crippen LogP contribution >= 0.6 is 0 Å². The molecular weight excluding hydrogens is 386 g/mol. The maximum atomic E-state index is 13.1. The molecule has 1 amide bonds. The summed E-state index contributed by atoms with van der Waals surface area (Å²) in [6.07, 6.45) is 1.08. The Bertz CT molecular complexity index is 1090. The van der Waals surface area contributed by atoms with Gasteiger partial charge in [0.15, 0.2) is 0 Å². The first-order valence-electron chi connectivity index (χ1n) is 11.1. The van der Waals surface area contributed by atoms with E-state index in [0.29, 0.717) is 6.54 Å². The Balaban J connectivity index is 1.39. The van der Waals surface area contributed by atoms with Crippen molar-refractivity contribution in [3.63, 3.8) is 0 Å². The average molecular weight is 416 g/mol. The summed E-state index contributed by atoms with van der Waals surface area (Å²) in [6, 6.07) is 20.9. The van der Waals surface area contributed by atoms with E-state index >= 15 is 0 Å². The van der Waals surface area contributed by atoms with Crippen LogP contribution in [-0.4, -0.2) is 57.2 Å². The maximum absolute atomic E-state index is 13.1. The summed E-state index contributed by atoms with van der Waals surface area (Å²) in [5.41, 5.74) is 4.73. The standard InChI is InChI=1S/C26H29N3O2/c1-28-12-11-21-17-20(9-10-24(21)28)25(29-13-15-31-16-14-29)18-27-26(30)23-8-4-6-19-5-2-3-7-22(19)23/h2-10,17,25H,11-16,18H2,1H3,(H,27,30)/t25-/m0/s1. The Morgan fingerprint density at radius 1 is 1.03 bits per heavy atom. The zero-order chi connectivity index (χ0) is 21.2. The summed E-state index contributed by atoms with van der Waals surface area (Å²) in [4.78, 5) is 17.9. The molecule has 31 heavy (non-hydrogen) atoms. The lowest BCUT2D eigenvalue weighted by Crippen LogP contribution is -2.43. The second-order valence-corrected chi connectivity index (χ2v) is 8.46. The average Bonchev–Trinajstić information content (AvgIpc) is 3.19. The van der Waals surface area contributed by atoms with Gasteiger partial charge in [-0.05, 0) is 40.5 Å². The number of likely N-dealkylation sites (N-methyl/N-ethyl adjacent to an activating group) is 1. The van der Waals surface area contributed by atoms with E-state index in [4.69, 9.17) is 4.74 Å². The molecule has 3 aromatic carbocycles. The summed E-state index contributed by atoms with van der Waals surface area (Å²) < 4.78 is 5.58. The van der Waals surface area contributed by atoms with Gasteiger partial charge >= 0.3 is 0 Å². The van der Waals surface area contributed by atoms with Gasteiger partial charge in [-0.3, -0.25) is 9.69 Å². The van der Waals surface area contributed by atoms with Gasteiger partial charge in [0.1, 0.15) is 0 Å². The number of amides is 1. The number of hydrogen-bond acceptors (Lipinski definition) is 4. The van der Waals surface area contributed by atoms with Crippen molar-refractivity contribution in [2.75, 3.05) is 51.3 Å². The van der Waals surface area contributed by atoms with Crippen LogP contribution in [0.3, 0.4) is 0 Å². The van der Waals surface area contributed by atoms with E-state index in [2.05, 4.69) is 40.4 Å². The van der Waals surface area contributed by atoms with E-state index in [9.17, 15) is 4.79 Å².